The average Bonchev–Trinajstić information content (AvgIpc) is 3.19. The third-order valence-electron chi connectivity index (χ3n) is 7.60. The number of amides is 1. The van der Waals surface area contributed by atoms with Gasteiger partial charge in [-0.25, -0.2) is 0 Å². The summed E-state index contributed by atoms with van der Waals surface area (Å²) in [6.45, 7) is 4.51. The van der Waals surface area contributed by atoms with Crippen LogP contribution in [-0.4, -0.2) is 41.9 Å². The van der Waals surface area contributed by atoms with E-state index in [1.807, 2.05) is 48.5 Å². The first kappa shape index (κ1) is 24.1. The van der Waals surface area contributed by atoms with Crippen molar-refractivity contribution >= 4 is 21.8 Å². The van der Waals surface area contributed by atoms with Gasteiger partial charge in [-0.3, -0.25) is 4.79 Å². The van der Waals surface area contributed by atoms with Gasteiger partial charge < -0.3 is 14.5 Å². The standard InChI is InChI=1S/C30H33BrN2O2/c31-26-13-11-24(12-14-26)23-33-22-18-30(29(33)34)16-20-32(21-17-30)19-15-28(25-7-3-1-4-8-25)35-27-9-5-2-6-10-27/h1-14,28H,15-23H2. The number of para-hydroxylation sites is 1. The van der Waals surface area contributed by atoms with Gasteiger partial charge in [0.1, 0.15) is 11.9 Å². The highest BCUT2D eigenvalue weighted by Gasteiger charge is 2.47. The lowest BCUT2D eigenvalue weighted by atomic mass is 9.77. The Labute approximate surface area is 217 Å². The number of ether oxygens (including phenoxy) is 1. The Morgan fingerprint density at radius 1 is 0.829 bits per heavy atom. The molecule has 2 fully saturated rings. The van der Waals surface area contributed by atoms with Crippen LogP contribution >= 0.6 is 15.9 Å². The molecule has 5 heteroatoms. The van der Waals surface area contributed by atoms with Crippen molar-refractivity contribution in [3.8, 4) is 5.75 Å². The van der Waals surface area contributed by atoms with Crippen molar-refractivity contribution in [1.29, 1.82) is 0 Å². The van der Waals surface area contributed by atoms with Crippen molar-refractivity contribution in [1.82, 2.24) is 9.80 Å². The third-order valence-corrected chi connectivity index (χ3v) is 8.13. The predicted molar refractivity (Wildman–Crippen MR) is 143 cm³/mol. The summed E-state index contributed by atoms with van der Waals surface area (Å²) in [7, 11) is 0. The van der Waals surface area contributed by atoms with Crippen LogP contribution in [0.3, 0.4) is 0 Å². The van der Waals surface area contributed by atoms with Crippen LogP contribution in [0.1, 0.15) is 42.9 Å². The summed E-state index contributed by atoms with van der Waals surface area (Å²) < 4.78 is 7.46. The molecular formula is C30H33BrN2O2. The Morgan fingerprint density at radius 2 is 1.46 bits per heavy atom. The van der Waals surface area contributed by atoms with E-state index in [1.165, 1.54) is 11.1 Å². The molecular weight excluding hydrogens is 500 g/mol. The van der Waals surface area contributed by atoms with Crippen molar-refractivity contribution in [2.24, 2.45) is 5.41 Å². The topological polar surface area (TPSA) is 32.8 Å². The van der Waals surface area contributed by atoms with E-state index in [2.05, 4.69) is 62.1 Å². The van der Waals surface area contributed by atoms with E-state index < -0.39 is 0 Å². The van der Waals surface area contributed by atoms with E-state index >= 15 is 0 Å². The second kappa shape index (κ2) is 11.0. The summed E-state index contributed by atoms with van der Waals surface area (Å²) in [5, 5.41) is 0. The van der Waals surface area contributed by atoms with Crippen LogP contribution in [0.2, 0.25) is 0 Å². The van der Waals surface area contributed by atoms with E-state index in [1.54, 1.807) is 0 Å². The molecule has 0 saturated carbocycles. The molecule has 0 bridgehead atoms. The molecule has 3 aromatic rings. The van der Waals surface area contributed by atoms with Gasteiger partial charge in [0.2, 0.25) is 5.91 Å². The van der Waals surface area contributed by atoms with Crippen LogP contribution < -0.4 is 4.74 Å². The fourth-order valence-corrected chi connectivity index (χ4v) is 5.71. The van der Waals surface area contributed by atoms with Gasteiger partial charge in [-0.15, -0.1) is 0 Å². The number of hydrogen-bond donors (Lipinski definition) is 0. The Kier molecular flexibility index (Phi) is 7.54. The second-order valence-corrected chi connectivity index (χ2v) is 10.8. The summed E-state index contributed by atoms with van der Waals surface area (Å²) in [5.41, 5.74) is 2.24. The van der Waals surface area contributed by atoms with Crippen LogP contribution in [0.15, 0.2) is 89.4 Å². The van der Waals surface area contributed by atoms with E-state index in [0.717, 1.165) is 62.1 Å². The van der Waals surface area contributed by atoms with Crippen molar-refractivity contribution < 1.29 is 9.53 Å². The van der Waals surface area contributed by atoms with E-state index in [-0.39, 0.29) is 11.5 Å². The number of benzene rings is 3. The zero-order valence-electron chi connectivity index (χ0n) is 20.1. The number of halogens is 1. The average molecular weight is 534 g/mol. The molecule has 1 atom stereocenters. The van der Waals surface area contributed by atoms with Gasteiger partial charge in [0.15, 0.2) is 0 Å². The van der Waals surface area contributed by atoms with Gasteiger partial charge in [0, 0.05) is 30.5 Å². The summed E-state index contributed by atoms with van der Waals surface area (Å²) in [6.07, 6.45) is 3.84. The molecule has 2 aliphatic heterocycles. The van der Waals surface area contributed by atoms with Crippen molar-refractivity contribution in [2.75, 3.05) is 26.2 Å². The zero-order valence-corrected chi connectivity index (χ0v) is 21.7. The quantitative estimate of drug-likeness (QED) is 0.333. The third kappa shape index (κ3) is 5.79. The molecule has 1 amide bonds. The van der Waals surface area contributed by atoms with Crippen LogP contribution in [0, 0.1) is 5.41 Å². The van der Waals surface area contributed by atoms with Crippen LogP contribution in [0.4, 0.5) is 0 Å². The molecule has 2 aliphatic rings. The predicted octanol–water partition coefficient (Wildman–Crippen LogP) is 6.47. The number of nitrogens with zero attached hydrogens (tertiary/aromatic N) is 2. The Bertz CT molecular complexity index is 1100. The van der Waals surface area contributed by atoms with Crippen molar-refractivity contribution in [3.63, 3.8) is 0 Å². The monoisotopic (exact) mass is 532 g/mol. The van der Waals surface area contributed by atoms with Crippen LogP contribution in [-0.2, 0) is 11.3 Å². The maximum absolute atomic E-state index is 13.4. The van der Waals surface area contributed by atoms with E-state index in [4.69, 9.17) is 4.74 Å². The van der Waals surface area contributed by atoms with Crippen LogP contribution in [0.5, 0.6) is 5.75 Å². The molecule has 4 nitrogen and oxygen atoms in total. The van der Waals surface area contributed by atoms with Gasteiger partial charge >= 0.3 is 0 Å². The maximum Gasteiger partial charge on any atom is 0.229 e. The lowest BCUT2D eigenvalue weighted by Crippen LogP contribution is -2.45. The van der Waals surface area contributed by atoms with Crippen molar-refractivity contribution in [3.05, 3.63) is 101 Å². The molecule has 2 saturated heterocycles. The molecule has 5 rings (SSSR count). The number of hydrogen-bond acceptors (Lipinski definition) is 3. The van der Waals surface area contributed by atoms with Gasteiger partial charge in [0.05, 0.1) is 5.41 Å². The molecule has 182 valence electrons. The SMILES string of the molecule is O=C1N(Cc2ccc(Br)cc2)CCC12CCN(CCC(Oc1ccccc1)c1ccccc1)CC2. The highest BCUT2D eigenvalue weighted by molar-refractivity contribution is 9.10. The zero-order chi connectivity index (χ0) is 24.1. The normalized spacial score (nSPS) is 18.7. The van der Waals surface area contributed by atoms with Crippen LogP contribution in [0.25, 0.3) is 0 Å². The number of piperidine rings is 1. The molecule has 35 heavy (non-hydrogen) atoms. The maximum atomic E-state index is 13.4. The summed E-state index contributed by atoms with van der Waals surface area (Å²) in [5.74, 6) is 1.26. The fourth-order valence-electron chi connectivity index (χ4n) is 5.45. The number of likely N-dealkylation sites (tertiary alicyclic amines) is 2. The highest BCUT2D eigenvalue weighted by Crippen LogP contribution is 2.42. The summed E-state index contributed by atoms with van der Waals surface area (Å²) in [6, 6.07) is 28.9. The van der Waals surface area contributed by atoms with Gasteiger partial charge in [-0.1, -0.05) is 76.6 Å². The molecule has 1 unspecified atom stereocenters. The summed E-state index contributed by atoms with van der Waals surface area (Å²) >= 11 is 3.49. The number of rotatable bonds is 8. The second-order valence-electron chi connectivity index (χ2n) is 9.84. The van der Waals surface area contributed by atoms with Gasteiger partial charge in [-0.2, -0.15) is 0 Å². The molecule has 1 spiro atoms. The Hall–Kier alpha value is -2.63. The molecule has 3 aromatic carbocycles. The first-order chi connectivity index (χ1) is 17.1. The van der Waals surface area contributed by atoms with Gasteiger partial charge in [0.25, 0.3) is 0 Å². The van der Waals surface area contributed by atoms with E-state index in [9.17, 15) is 4.79 Å². The lowest BCUT2D eigenvalue weighted by molar-refractivity contribution is -0.138. The first-order valence-corrected chi connectivity index (χ1v) is 13.4. The smallest absolute Gasteiger partial charge is 0.229 e. The Morgan fingerprint density at radius 3 is 2.14 bits per heavy atom. The fraction of sp³-hybridized carbons (Fsp3) is 0.367. The van der Waals surface area contributed by atoms with Crippen molar-refractivity contribution in [2.45, 2.75) is 38.3 Å². The van der Waals surface area contributed by atoms with E-state index in [0.29, 0.717) is 12.5 Å². The molecule has 0 radical (unpaired) electrons. The number of carbonyl (C=O) groups is 1. The molecule has 0 N–H and O–H groups in total. The van der Waals surface area contributed by atoms with Gasteiger partial charge in [-0.05, 0) is 67.7 Å². The highest BCUT2D eigenvalue weighted by atomic mass is 79.9. The largest absolute Gasteiger partial charge is 0.486 e. The number of carbonyl (C=O) groups excluding carboxylic acids is 1. The first-order valence-electron chi connectivity index (χ1n) is 12.6. The minimum Gasteiger partial charge on any atom is -0.486 e. The summed E-state index contributed by atoms with van der Waals surface area (Å²) in [4.78, 5) is 18.0. The molecule has 0 aliphatic carbocycles. The minimum absolute atomic E-state index is 0.0176. The molecule has 2 heterocycles. The molecule has 0 aromatic heterocycles. The lowest BCUT2D eigenvalue weighted by Gasteiger charge is -2.38. The Balaban J connectivity index is 1.16. The minimum atomic E-state index is -0.161.